The summed E-state index contributed by atoms with van der Waals surface area (Å²) in [4.78, 5) is 13.9. The van der Waals surface area contributed by atoms with Gasteiger partial charge in [0.25, 0.3) is 5.91 Å². The number of hydrogen-bond donors (Lipinski definition) is 0. The number of piperidine rings is 1. The molecule has 1 aliphatic carbocycles. The lowest BCUT2D eigenvalue weighted by Crippen LogP contribution is -2.40. The molecule has 1 aromatic carbocycles. The number of aryl methyl sites for hydroxylation is 2. The molecule has 1 heterocycles. The molecule has 110 valence electrons. The zero-order valence-electron chi connectivity index (χ0n) is 12.2. The summed E-state index contributed by atoms with van der Waals surface area (Å²) in [5.41, 5.74) is 2.77. The van der Waals surface area contributed by atoms with Gasteiger partial charge in [0, 0.05) is 19.0 Å². The van der Waals surface area contributed by atoms with Crippen molar-refractivity contribution < 1.29 is 9.53 Å². The lowest BCUT2D eigenvalue weighted by molar-refractivity contribution is -0.134. The minimum atomic E-state index is 0.0203. The van der Waals surface area contributed by atoms with Crippen LogP contribution in [0.1, 0.15) is 30.4 Å². The molecule has 1 fully saturated rings. The average Bonchev–Trinajstić information content (AvgIpc) is 3.00. The summed E-state index contributed by atoms with van der Waals surface area (Å²) in [6.07, 6.45) is 5.04. The fraction of sp³-hybridized carbons (Fsp3) is 0.529. The molecule has 0 atom stereocenters. The molecule has 0 saturated carbocycles. The Hall–Kier alpha value is -2.02. The van der Waals surface area contributed by atoms with Crippen molar-refractivity contribution >= 4 is 5.91 Å². The van der Waals surface area contributed by atoms with Gasteiger partial charge in [-0.2, -0.15) is 5.26 Å². The number of rotatable bonds is 3. The van der Waals surface area contributed by atoms with Crippen LogP contribution in [0, 0.1) is 17.2 Å². The number of nitriles is 1. The molecule has 4 heteroatoms. The Morgan fingerprint density at radius 3 is 2.81 bits per heavy atom. The van der Waals surface area contributed by atoms with Crippen molar-refractivity contribution in [2.75, 3.05) is 19.7 Å². The Morgan fingerprint density at radius 1 is 1.29 bits per heavy atom. The highest BCUT2D eigenvalue weighted by molar-refractivity contribution is 5.77. The van der Waals surface area contributed by atoms with Gasteiger partial charge in [0.2, 0.25) is 0 Å². The second kappa shape index (κ2) is 6.17. The van der Waals surface area contributed by atoms with Crippen LogP contribution in [-0.2, 0) is 17.6 Å². The van der Waals surface area contributed by atoms with E-state index in [1.807, 2.05) is 6.07 Å². The van der Waals surface area contributed by atoms with Crippen LogP contribution in [0.5, 0.6) is 5.75 Å². The van der Waals surface area contributed by atoms with Crippen molar-refractivity contribution in [1.82, 2.24) is 4.90 Å². The van der Waals surface area contributed by atoms with Gasteiger partial charge in [-0.25, -0.2) is 0 Å². The van der Waals surface area contributed by atoms with E-state index in [1.165, 1.54) is 17.5 Å². The topological polar surface area (TPSA) is 53.3 Å². The van der Waals surface area contributed by atoms with E-state index in [9.17, 15) is 4.79 Å². The van der Waals surface area contributed by atoms with Gasteiger partial charge in [0.15, 0.2) is 6.61 Å². The zero-order valence-corrected chi connectivity index (χ0v) is 12.2. The number of benzene rings is 1. The van der Waals surface area contributed by atoms with E-state index >= 15 is 0 Å². The minimum absolute atomic E-state index is 0.0203. The SMILES string of the molecule is N#CC1CCN(C(=O)COc2ccc3c(c2)CCC3)CC1. The van der Waals surface area contributed by atoms with Crippen LogP contribution in [-0.4, -0.2) is 30.5 Å². The molecule has 1 aliphatic heterocycles. The molecule has 1 saturated heterocycles. The molecular weight excluding hydrogens is 264 g/mol. The average molecular weight is 284 g/mol. The zero-order chi connectivity index (χ0) is 14.7. The van der Waals surface area contributed by atoms with Crippen LogP contribution in [0.15, 0.2) is 18.2 Å². The number of carbonyl (C=O) groups excluding carboxylic acids is 1. The molecule has 4 nitrogen and oxygen atoms in total. The molecule has 0 N–H and O–H groups in total. The number of ether oxygens (including phenoxy) is 1. The highest BCUT2D eigenvalue weighted by Crippen LogP contribution is 2.26. The maximum absolute atomic E-state index is 12.1. The number of amides is 1. The van der Waals surface area contributed by atoms with Crippen LogP contribution < -0.4 is 4.74 Å². The van der Waals surface area contributed by atoms with Crippen LogP contribution in [0.4, 0.5) is 0 Å². The molecule has 0 spiro atoms. The van der Waals surface area contributed by atoms with Crippen LogP contribution >= 0.6 is 0 Å². The molecule has 21 heavy (non-hydrogen) atoms. The second-order valence-electron chi connectivity index (χ2n) is 5.86. The van der Waals surface area contributed by atoms with Crippen LogP contribution in [0.2, 0.25) is 0 Å². The number of nitrogens with zero attached hydrogens (tertiary/aromatic N) is 2. The third-order valence-corrected chi connectivity index (χ3v) is 4.46. The van der Waals surface area contributed by atoms with Gasteiger partial charge in [0.05, 0.1) is 6.07 Å². The molecule has 0 aromatic heterocycles. The number of carbonyl (C=O) groups is 1. The molecule has 0 unspecified atom stereocenters. The second-order valence-corrected chi connectivity index (χ2v) is 5.86. The molecule has 0 radical (unpaired) electrons. The summed E-state index contributed by atoms with van der Waals surface area (Å²) in [7, 11) is 0. The first-order chi connectivity index (χ1) is 10.3. The summed E-state index contributed by atoms with van der Waals surface area (Å²) < 4.78 is 5.64. The van der Waals surface area contributed by atoms with Crippen molar-refractivity contribution in [2.24, 2.45) is 5.92 Å². The van der Waals surface area contributed by atoms with E-state index in [4.69, 9.17) is 10.00 Å². The van der Waals surface area contributed by atoms with Gasteiger partial charge in [-0.15, -0.1) is 0 Å². The van der Waals surface area contributed by atoms with Gasteiger partial charge in [0.1, 0.15) is 5.75 Å². The quantitative estimate of drug-likeness (QED) is 0.856. The van der Waals surface area contributed by atoms with E-state index in [2.05, 4.69) is 18.2 Å². The number of hydrogen-bond acceptors (Lipinski definition) is 3. The first kappa shape index (κ1) is 13.9. The lowest BCUT2D eigenvalue weighted by atomic mass is 9.99. The highest BCUT2D eigenvalue weighted by atomic mass is 16.5. The fourth-order valence-electron chi connectivity index (χ4n) is 3.13. The van der Waals surface area contributed by atoms with Gasteiger partial charge in [-0.1, -0.05) is 6.07 Å². The summed E-state index contributed by atoms with van der Waals surface area (Å²) in [6, 6.07) is 8.41. The first-order valence-electron chi connectivity index (χ1n) is 7.68. The Morgan fingerprint density at radius 2 is 2.05 bits per heavy atom. The maximum atomic E-state index is 12.1. The Bertz CT molecular complexity index is 569. The van der Waals surface area contributed by atoms with Gasteiger partial charge >= 0.3 is 0 Å². The molecular formula is C17H20N2O2. The third kappa shape index (κ3) is 3.18. The monoisotopic (exact) mass is 284 g/mol. The smallest absolute Gasteiger partial charge is 0.260 e. The summed E-state index contributed by atoms with van der Waals surface area (Å²) in [5.74, 6) is 0.912. The largest absolute Gasteiger partial charge is 0.484 e. The summed E-state index contributed by atoms with van der Waals surface area (Å²) in [5, 5.41) is 8.87. The van der Waals surface area contributed by atoms with E-state index in [0.29, 0.717) is 13.1 Å². The normalized spacial score (nSPS) is 18.1. The number of likely N-dealkylation sites (tertiary alicyclic amines) is 1. The summed E-state index contributed by atoms with van der Waals surface area (Å²) in [6.45, 7) is 1.44. The van der Waals surface area contributed by atoms with Gasteiger partial charge in [-0.3, -0.25) is 4.79 Å². The number of fused-ring (bicyclic) bond motifs is 1. The fourth-order valence-corrected chi connectivity index (χ4v) is 3.13. The lowest BCUT2D eigenvalue weighted by Gasteiger charge is -2.29. The van der Waals surface area contributed by atoms with E-state index in [0.717, 1.165) is 31.4 Å². The van der Waals surface area contributed by atoms with Crippen LogP contribution in [0.3, 0.4) is 0 Å². The molecule has 0 bridgehead atoms. The van der Waals surface area contributed by atoms with Crippen molar-refractivity contribution in [2.45, 2.75) is 32.1 Å². The first-order valence-corrected chi connectivity index (χ1v) is 7.68. The van der Waals surface area contributed by atoms with Gasteiger partial charge in [-0.05, 0) is 55.4 Å². The Labute approximate surface area is 125 Å². The van der Waals surface area contributed by atoms with Crippen molar-refractivity contribution in [3.63, 3.8) is 0 Å². The van der Waals surface area contributed by atoms with Crippen molar-refractivity contribution in [3.8, 4) is 11.8 Å². The maximum Gasteiger partial charge on any atom is 0.260 e. The minimum Gasteiger partial charge on any atom is -0.484 e. The third-order valence-electron chi connectivity index (χ3n) is 4.46. The van der Waals surface area contributed by atoms with Gasteiger partial charge < -0.3 is 9.64 Å². The van der Waals surface area contributed by atoms with E-state index in [-0.39, 0.29) is 18.4 Å². The highest BCUT2D eigenvalue weighted by Gasteiger charge is 2.22. The van der Waals surface area contributed by atoms with E-state index in [1.54, 1.807) is 4.90 Å². The molecule has 2 aliphatic rings. The predicted octanol–water partition coefficient (Wildman–Crippen LogP) is 2.32. The molecule has 1 aromatic rings. The Balaban J connectivity index is 1.51. The van der Waals surface area contributed by atoms with Crippen molar-refractivity contribution in [1.29, 1.82) is 5.26 Å². The molecule has 1 amide bonds. The summed E-state index contributed by atoms with van der Waals surface area (Å²) >= 11 is 0. The predicted molar refractivity (Wildman–Crippen MR) is 78.9 cm³/mol. The Kier molecular flexibility index (Phi) is 4.10. The standard InChI is InChI=1S/C17H20N2O2/c18-11-13-6-8-19(9-7-13)17(20)12-21-16-5-4-14-2-1-3-15(14)10-16/h4-5,10,13H,1-3,6-9,12H2. The van der Waals surface area contributed by atoms with Crippen LogP contribution in [0.25, 0.3) is 0 Å². The van der Waals surface area contributed by atoms with Crippen molar-refractivity contribution in [3.05, 3.63) is 29.3 Å². The molecule has 3 rings (SSSR count). The van der Waals surface area contributed by atoms with E-state index < -0.39 is 0 Å².